The van der Waals surface area contributed by atoms with Crippen molar-refractivity contribution >= 4 is 92.7 Å². The van der Waals surface area contributed by atoms with Crippen LogP contribution in [0.3, 0.4) is 0 Å². The number of unbranched alkanes of at least 4 members (excludes halogenated alkanes) is 56. The number of fused-ring (bicyclic) bond motifs is 8. The zero-order valence-electron chi connectivity index (χ0n) is 80.6. The first kappa shape index (κ1) is 103. The molecule has 2 aliphatic rings. The van der Waals surface area contributed by atoms with Crippen molar-refractivity contribution in [2.45, 2.75) is 439 Å². The van der Waals surface area contributed by atoms with Crippen LogP contribution in [0, 0.1) is 0 Å². The van der Waals surface area contributed by atoms with Gasteiger partial charge in [-0.3, -0.25) is 19.2 Å². The van der Waals surface area contributed by atoms with Crippen LogP contribution in [0.1, 0.15) is 461 Å². The lowest BCUT2D eigenvalue weighted by molar-refractivity contribution is -0.117. The Balaban J connectivity index is 0.963. The van der Waals surface area contributed by atoms with Crippen molar-refractivity contribution in [3.63, 3.8) is 0 Å². The summed E-state index contributed by atoms with van der Waals surface area (Å²) < 4.78 is 0. The van der Waals surface area contributed by atoms with Crippen molar-refractivity contribution < 1.29 is 19.2 Å². The number of aromatic nitrogens is 4. The molecule has 0 atom stereocenters. The lowest BCUT2D eigenvalue weighted by atomic mass is 10.0. The summed E-state index contributed by atoms with van der Waals surface area (Å²) in [5.41, 5.74) is 16.6. The molecule has 0 radical (unpaired) electrons. The van der Waals surface area contributed by atoms with Crippen LogP contribution in [0.2, 0.25) is 0 Å². The van der Waals surface area contributed by atoms with Gasteiger partial charge in [0.1, 0.15) is 0 Å². The molecule has 128 heavy (non-hydrogen) atoms. The molecule has 0 fully saturated rings. The Morgan fingerprint density at radius 3 is 0.484 bits per heavy atom. The maximum Gasteiger partial charge on any atom is 0.224 e. The lowest BCUT2D eigenvalue weighted by Crippen LogP contribution is -2.10. The van der Waals surface area contributed by atoms with Gasteiger partial charge in [0.15, 0.2) is 0 Å². The first-order chi connectivity index (χ1) is 63.1. The Labute approximate surface area is 775 Å². The van der Waals surface area contributed by atoms with Gasteiger partial charge in [0.25, 0.3) is 0 Å². The number of rotatable bonds is 72. The molecule has 8 bridgehead atoms. The second kappa shape index (κ2) is 64.2. The van der Waals surface area contributed by atoms with Crippen molar-refractivity contribution in [1.82, 2.24) is 19.9 Å². The van der Waals surface area contributed by atoms with E-state index >= 15 is 0 Å². The smallest absolute Gasteiger partial charge is 0.224 e. The van der Waals surface area contributed by atoms with Gasteiger partial charge < -0.3 is 31.2 Å². The summed E-state index contributed by atoms with van der Waals surface area (Å²) in [5.74, 6) is 0.127. The number of amides is 4. The van der Waals surface area contributed by atoms with Crippen molar-refractivity contribution in [2.24, 2.45) is 0 Å². The third-order valence-electron chi connectivity index (χ3n) is 26.6. The van der Waals surface area contributed by atoms with Crippen LogP contribution in [0.5, 0.6) is 0 Å². The van der Waals surface area contributed by atoms with Gasteiger partial charge in [0, 0.05) is 92.8 Å². The Hall–Kier alpha value is -8.64. The van der Waals surface area contributed by atoms with Crippen LogP contribution in [0.25, 0.3) is 90.9 Å². The van der Waals surface area contributed by atoms with E-state index in [2.05, 4.69) is 156 Å². The van der Waals surface area contributed by atoms with Crippen molar-refractivity contribution in [3.05, 3.63) is 144 Å². The molecule has 5 heterocycles. The second-order valence-corrected chi connectivity index (χ2v) is 37.8. The van der Waals surface area contributed by atoms with Crippen molar-refractivity contribution in [1.29, 1.82) is 0 Å². The highest BCUT2D eigenvalue weighted by Crippen LogP contribution is 2.40. The summed E-state index contributed by atoms with van der Waals surface area (Å²) in [5, 5.41) is 12.9. The predicted molar refractivity (Wildman–Crippen MR) is 553 cm³/mol. The molecule has 12 heteroatoms. The topological polar surface area (TPSA) is 174 Å². The number of nitrogens with zero attached hydrogens (tertiary/aromatic N) is 2. The van der Waals surface area contributed by atoms with E-state index in [0.29, 0.717) is 25.7 Å². The van der Waals surface area contributed by atoms with Gasteiger partial charge in [-0.25, -0.2) is 9.97 Å². The summed E-state index contributed by atoms with van der Waals surface area (Å²) >= 11 is 0. The van der Waals surface area contributed by atoms with Gasteiger partial charge in [-0.1, -0.05) is 436 Å². The number of hydrogen-bond acceptors (Lipinski definition) is 6. The zero-order chi connectivity index (χ0) is 89.7. The van der Waals surface area contributed by atoms with Crippen molar-refractivity contribution in [2.75, 3.05) is 21.3 Å². The summed E-state index contributed by atoms with van der Waals surface area (Å²) in [6.07, 6.45) is 87.3. The van der Waals surface area contributed by atoms with Crippen LogP contribution in [-0.2, 0) is 19.2 Å². The van der Waals surface area contributed by atoms with Crippen LogP contribution in [0.4, 0.5) is 22.7 Å². The molecule has 0 saturated heterocycles. The second-order valence-electron chi connectivity index (χ2n) is 37.8. The molecule has 4 aromatic carbocycles. The molecule has 698 valence electrons. The molecule has 9 rings (SSSR count). The molecule has 3 aromatic heterocycles. The fraction of sp³-hybridized carbons (Fsp3) is 0.586. The monoisotopic (exact) mass is 1740 g/mol. The zero-order valence-corrected chi connectivity index (χ0v) is 80.6. The van der Waals surface area contributed by atoms with E-state index in [1.54, 1.807) is 0 Å². The molecule has 0 spiro atoms. The van der Waals surface area contributed by atoms with Crippen LogP contribution >= 0.6 is 0 Å². The minimum absolute atomic E-state index is 0.0318. The van der Waals surface area contributed by atoms with Gasteiger partial charge in [0.2, 0.25) is 23.6 Å². The largest absolute Gasteiger partial charge is 0.354 e. The van der Waals surface area contributed by atoms with Crippen LogP contribution in [0.15, 0.2) is 121 Å². The highest BCUT2D eigenvalue weighted by molar-refractivity contribution is 6.01. The fourth-order valence-electron chi connectivity index (χ4n) is 18.8. The first-order valence-corrected chi connectivity index (χ1v) is 52.9. The minimum atomic E-state index is 0.0318. The SMILES string of the molecule is CCCCCCCCCCCCCCCCCC(=O)Nc1ccc(-c2c3nc(c(-c4ccc(NC(=O)CCCCCCCCCCCCCCCCC)cc4)c4ccc([nH]4)c(-c4ccc(NC(=O)CCCCCCCCCCCCCCCCC)cc4)c4nc(c(-c5ccc(NC(=O)CCCCCCCCCCCCCCCCC)cc5)c5ccc2[nH]5)C=C4)C=C3)cc1. The number of carbonyl (C=O) groups excluding carboxylic acids is 4. The van der Waals surface area contributed by atoms with Gasteiger partial charge >= 0.3 is 0 Å². The Morgan fingerprint density at radius 2 is 0.336 bits per heavy atom. The van der Waals surface area contributed by atoms with E-state index in [-0.39, 0.29) is 23.6 Å². The lowest BCUT2D eigenvalue weighted by Gasteiger charge is -2.10. The third-order valence-corrected chi connectivity index (χ3v) is 26.6. The average Bonchev–Trinajstić information content (AvgIpc) is 1.61. The van der Waals surface area contributed by atoms with Crippen LogP contribution in [-0.4, -0.2) is 43.6 Å². The maximum atomic E-state index is 13.6. The Morgan fingerprint density at radius 1 is 0.195 bits per heavy atom. The molecule has 7 aromatic rings. The number of hydrogen-bond donors (Lipinski definition) is 6. The minimum Gasteiger partial charge on any atom is -0.354 e. The fourth-order valence-corrected chi connectivity index (χ4v) is 18.8. The number of H-pyrrole nitrogens is 2. The first-order valence-electron chi connectivity index (χ1n) is 52.9. The van der Waals surface area contributed by atoms with Crippen LogP contribution < -0.4 is 21.3 Å². The molecular formula is C116H170N8O4. The number of carbonyl (C=O) groups is 4. The van der Waals surface area contributed by atoms with Crippen molar-refractivity contribution in [3.8, 4) is 44.5 Å². The maximum absolute atomic E-state index is 13.6. The molecule has 0 saturated carbocycles. The normalized spacial score (nSPS) is 11.8. The molecule has 4 amide bonds. The Kier molecular flexibility index (Phi) is 51.7. The van der Waals surface area contributed by atoms with E-state index < -0.39 is 0 Å². The van der Waals surface area contributed by atoms with Gasteiger partial charge in [0.05, 0.1) is 22.8 Å². The van der Waals surface area contributed by atoms with E-state index in [4.69, 9.17) is 9.97 Å². The summed E-state index contributed by atoms with van der Waals surface area (Å²) in [4.78, 5) is 73.6. The summed E-state index contributed by atoms with van der Waals surface area (Å²) in [6, 6.07) is 41.3. The molecule has 2 aliphatic heterocycles. The van der Waals surface area contributed by atoms with E-state index in [1.165, 1.54) is 334 Å². The summed E-state index contributed by atoms with van der Waals surface area (Å²) in [6.45, 7) is 9.14. The molecule has 12 nitrogen and oxygen atoms in total. The van der Waals surface area contributed by atoms with Gasteiger partial charge in [-0.2, -0.15) is 0 Å². The number of anilines is 4. The number of aromatic amines is 2. The molecule has 0 unspecified atom stereocenters. The predicted octanol–water partition coefficient (Wildman–Crippen LogP) is 36.1. The molecule has 0 aliphatic carbocycles. The van der Waals surface area contributed by atoms with Gasteiger partial charge in [-0.05, 0) is 145 Å². The number of nitrogens with one attached hydrogen (secondary N) is 6. The summed E-state index contributed by atoms with van der Waals surface area (Å²) in [7, 11) is 0. The standard InChI is InChI=1S/C116H170N8O4/c1-5-9-13-17-21-25-29-33-37-41-45-49-53-57-61-65-109(125)117-97-77-69-93(70-78-97)113-101-85-87-103(121-101)114(94-71-79-98(80-72-94)118-110(126)66-62-58-54-50-46-42-38-34-30-26-22-18-14-10-6-2)105-89-91-107(123-105)116(96-75-83-100(84-76-96)120-112(128)68-64-60-56-52-48-44-40-36-32-28-24-20-16-12-8-4)108-92-90-106(124-108)115(104-88-86-102(113)122-104)95-73-81-99(82-74-95)119-111(127)67-63-59-55-51-47-43-39-35-31-27-23-19-15-11-7-3/h69-92,121,124H,5-68H2,1-4H3,(H,117,125)(H,118,126)(H,119,127)(H,120,128). The van der Waals surface area contributed by atoms with E-state index in [9.17, 15) is 19.2 Å². The Bertz CT molecular complexity index is 3910. The van der Waals surface area contributed by atoms with E-state index in [0.717, 1.165) is 163 Å². The van der Waals surface area contributed by atoms with E-state index in [1.807, 2.05) is 48.5 Å². The molecular weight excluding hydrogens is 1570 g/mol. The van der Waals surface area contributed by atoms with Gasteiger partial charge in [-0.15, -0.1) is 0 Å². The highest BCUT2D eigenvalue weighted by Gasteiger charge is 2.22. The third kappa shape index (κ3) is 40.0. The average molecular weight is 1740 g/mol. The highest BCUT2D eigenvalue weighted by atomic mass is 16.2. The molecule has 6 N–H and O–H groups in total. The quantitative estimate of drug-likeness (QED) is 0.0207. The number of benzene rings is 4.